The number of benzene rings is 2. The molecule has 5 nitrogen and oxygen atoms in total. The Morgan fingerprint density at radius 1 is 1.15 bits per heavy atom. The van der Waals surface area contributed by atoms with Crippen LogP contribution in [0, 0.1) is 0 Å². The summed E-state index contributed by atoms with van der Waals surface area (Å²) in [6.07, 6.45) is 2.43. The van der Waals surface area contributed by atoms with Gasteiger partial charge in [0, 0.05) is 43.8 Å². The fourth-order valence-corrected chi connectivity index (χ4v) is 3.37. The standard InChI is InChI=1S/C21H25ClN4O/c1-23-21(24-13-12-17-5-2-3-6-19(17)22)25-15-16-8-10-18(11-9-16)26-14-4-7-20(26)27/h2-3,5-6,8-11H,4,7,12-15H2,1H3,(H2,23,24,25). The second-order valence-corrected chi connectivity index (χ2v) is 6.92. The third-order valence-electron chi connectivity index (χ3n) is 4.65. The van der Waals surface area contributed by atoms with Crippen LogP contribution in [0.2, 0.25) is 5.02 Å². The number of anilines is 1. The van der Waals surface area contributed by atoms with Crippen LogP contribution in [0.1, 0.15) is 24.0 Å². The van der Waals surface area contributed by atoms with Gasteiger partial charge >= 0.3 is 0 Å². The van der Waals surface area contributed by atoms with Crippen molar-refractivity contribution in [3.05, 3.63) is 64.7 Å². The summed E-state index contributed by atoms with van der Waals surface area (Å²) in [5.41, 5.74) is 3.23. The summed E-state index contributed by atoms with van der Waals surface area (Å²) in [6, 6.07) is 16.0. The lowest BCUT2D eigenvalue weighted by atomic mass is 10.1. The molecular formula is C21H25ClN4O. The van der Waals surface area contributed by atoms with Gasteiger partial charge in [-0.3, -0.25) is 9.79 Å². The normalized spacial score (nSPS) is 14.5. The van der Waals surface area contributed by atoms with Gasteiger partial charge in [-0.05, 0) is 42.2 Å². The number of rotatable bonds is 6. The van der Waals surface area contributed by atoms with E-state index in [0.29, 0.717) is 13.0 Å². The summed E-state index contributed by atoms with van der Waals surface area (Å²) in [6.45, 7) is 2.23. The molecule has 0 atom stereocenters. The molecule has 142 valence electrons. The number of amides is 1. The number of hydrogen-bond donors (Lipinski definition) is 2. The quantitative estimate of drug-likeness (QED) is 0.593. The topological polar surface area (TPSA) is 56.7 Å². The second-order valence-electron chi connectivity index (χ2n) is 6.51. The molecule has 1 amide bonds. The van der Waals surface area contributed by atoms with E-state index in [-0.39, 0.29) is 5.91 Å². The summed E-state index contributed by atoms with van der Waals surface area (Å²) < 4.78 is 0. The predicted molar refractivity (Wildman–Crippen MR) is 111 cm³/mol. The van der Waals surface area contributed by atoms with Crippen molar-refractivity contribution < 1.29 is 4.79 Å². The van der Waals surface area contributed by atoms with Gasteiger partial charge in [0.15, 0.2) is 5.96 Å². The van der Waals surface area contributed by atoms with E-state index in [1.807, 2.05) is 53.4 Å². The molecule has 27 heavy (non-hydrogen) atoms. The molecule has 0 bridgehead atoms. The van der Waals surface area contributed by atoms with Crippen LogP contribution < -0.4 is 15.5 Å². The Balaban J connectivity index is 1.46. The third kappa shape index (κ3) is 5.23. The molecule has 1 fully saturated rings. The molecule has 1 heterocycles. The zero-order valence-corrected chi connectivity index (χ0v) is 16.3. The van der Waals surface area contributed by atoms with Gasteiger partial charge in [0.25, 0.3) is 0 Å². The number of aliphatic imine (C=N–C) groups is 1. The minimum Gasteiger partial charge on any atom is -0.356 e. The van der Waals surface area contributed by atoms with E-state index >= 15 is 0 Å². The molecule has 0 aromatic heterocycles. The van der Waals surface area contributed by atoms with E-state index < -0.39 is 0 Å². The van der Waals surface area contributed by atoms with E-state index in [9.17, 15) is 4.79 Å². The third-order valence-corrected chi connectivity index (χ3v) is 5.02. The highest BCUT2D eigenvalue weighted by molar-refractivity contribution is 6.31. The van der Waals surface area contributed by atoms with Crippen molar-refractivity contribution in [1.82, 2.24) is 10.6 Å². The number of carbonyl (C=O) groups is 1. The maximum Gasteiger partial charge on any atom is 0.227 e. The number of nitrogens with one attached hydrogen (secondary N) is 2. The van der Waals surface area contributed by atoms with Gasteiger partial charge in [-0.25, -0.2) is 0 Å². The SMILES string of the molecule is CN=C(NCCc1ccccc1Cl)NCc1ccc(N2CCCC2=O)cc1. The van der Waals surface area contributed by atoms with Gasteiger partial charge in [-0.15, -0.1) is 0 Å². The Morgan fingerprint density at radius 2 is 1.93 bits per heavy atom. The molecule has 6 heteroatoms. The number of guanidine groups is 1. The van der Waals surface area contributed by atoms with Crippen LogP contribution in [0.3, 0.4) is 0 Å². The number of nitrogens with zero attached hydrogens (tertiary/aromatic N) is 2. The summed E-state index contributed by atoms with van der Waals surface area (Å²) in [4.78, 5) is 17.9. The average molecular weight is 385 g/mol. The van der Waals surface area contributed by atoms with Crippen molar-refractivity contribution in [2.75, 3.05) is 25.0 Å². The van der Waals surface area contributed by atoms with E-state index in [1.165, 1.54) is 0 Å². The Bertz CT molecular complexity index is 804. The average Bonchev–Trinajstić information content (AvgIpc) is 3.12. The van der Waals surface area contributed by atoms with Crippen molar-refractivity contribution in [3.63, 3.8) is 0 Å². The number of halogens is 1. The van der Waals surface area contributed by atoms with Crippen LogP contribution in [-0.4, -0.2) is 32.0 Å². The minimum absolute atomic E-state index is 0.212. The molecule has 1 aliphatic heterocycles. The first kappa shape index (κ1) is 19.2. The van der Waals surface area contributed by atoms with E-state index in [2.05, 4.69) is 15.6 Å². The van der Waals surface area contributed by atoms with Crippen molar-refractivity contribution in [3.8, 4) is 0 Å². The molecule has 2 aromatic rings. The fraction of sp³-hybridized carbons (Fsp3) is 0.333. The van der Waals surface area contributed by atoms with Crippen LogP contribution in [0.4, 0.5) is 5.69 Å². The second kappa shape index (κ2) is 9.42. The van der Waals surface area contributed by atoms with Crippen molar-refractivity contribution in [2.24, 2.45) is 4.99 Å². The Labute approximate surface area is 165 Å². The number of carbonyl (C=O) groups excluding carboxylic acids is 1. The molecule has 3 rings (SSSR count). The highest BCUT2D eigenvalue weighted by atomic mass is 35.5. The molecule has 2 N–H and O–H groups in total. The first-order chi connectivity index (χ1) is 13.2. The maximum atomic E-state index is 11.8. The van der Waals surface area contributed by atoms with Gasteiger partial charge < -0.3 is 15.5 Å². The van der Waals surface area contributed by atoms with Gasteiger partial charge in [0.2, 0.25) is 5.91 Å². The maximum absolute atomic E-state index is 11.8. The highest BCUT2D eigenvalue weighted by Gasteiger charge is 2.21. The number of hydrogen-bond acceptors (Lipinski definition) is 2. The first-order valence-corrected chi connectivity index (χ1v) is 9.62. The molecule has 0 spiro atoms. The molecule has 1 saturated heterocycles. The van der Waals surface area contributed by atoms with Crippen LogP contribution in [-0.2, 0) is 17.8 Å². The lowest BCUT2D eigenvalue weighted by molar-refractivity contribution is -0.117. The van der Waals surface area contributed by atoms with Crippen LogP contribution in [0.25, 0.3) is 0 Å². The zero-order valence-electron chi connectivity index (χ0n) is 15.5. The smallest absolute Gasteiger partial charge is 0.227 e. The summed E-state index contributed by atoms with van der Waals surface area (Å²) in [5, 5.41) is 7.40. The molecule has 0 saturated carbocycles. The van der Waals surface area contributed by atoms with Crippen molar-refractivity contribution in [2.45, 2.75) is 25.8 Å². The monoisotopic (exact) mass is 384 g/mol. The van der Waals surface area contributed by atoms with E-state index in [0.717, 1.165) is 53.7 Å². The summed E-state index contributed by atoms with van der Waals surface area (Å²) in [5.74, 6) is 0.963. The van der Waals surface area contributed by atoms with Crippen molar-refractivity contribution in [1.29, 1.82) is 0 Å². The zero-order chi connectivity index (χ0) is 19.1. The van der Waals surface area contributed by atoms with Gasteiger partial charge in [0.1, 0.15) is 0 Å². The molecular weight excluding hydrogens is 360 g/mol. The molecule has 0 unspecified atom stereocenters. The minimum atomic E-state index is 0.212. The molecule has 2 aromatic carbocycles. The fourth-order valence-electron chi connectivity index (χ4n) is 3.14. The summed E-state index contributed by atoms with van der Waals surface area (Å²) >= 11 is 6.19. The first-order valence-electron chi connectivity index (χ1n) is 9.24. The van der Waals surface area contributed by atoms with Crippen LogP contribution >= 0.6 is 11.6 Å². The Morgan fingerprint density at radius 3 is 2.59 bits per heavy atom. The van der Waals surface area contributed by atoms with Crippen molar-refractivity contribution >= 4 is 29.2 Å². The summed E-state index contributed by atoms with van der Waals surface area (Å²) in [7, 11) is 1.76. The largest absolute Gasteiger partial charge is 0.356 e. The molecule has 0 aliphatic carbocycles. The Kier molecular flexibility index (Phi) is 6.71. The highest BCUT2D eigenvalue weighted by Crippen LogP contribution is 2.21. The molecule has 0 radical (unpaired) electrons. The molecule has 1 aliphatic rings. The van der Waals surface area contributed by atoms with Crippen LogP contribution in [0.5, 0.6) is 0 Å². The Hall–Kier alpha value is -2.53. The van der Waals surface area contributed by atoms with E-state index in [4.69, 9.17) is 11.6 Å². The van der Waals surface area contributed by atoms with Gasteiger partial charge in [0.05, 0.1) is 0 Å². The van der Waals surface area contributed by atoms with E-state index in [1.54, 1.807) is 7.05 Å². The van der Waals surface area contributed by atoms with Crippen LogP contribution in [0.15, 0.2) is 53.5 Å². The lowest BCUT2D eigenvalue weighted by Gasteiger charge is -2.16. The van der Waals surface area contributed by atoms with Gasteiger partial charge in [-0.2, -0.15) is 0 Å². The predicted octanol–water partition coefficient (Wildman–Crippen LogP) is 3.37. The van der Waals surface area contributed by atoms with Gasteiger partial charge in [-0.1, -0.05) is 41.9 Å². The lowest BCUT2D eigenvalue weighted by Crippen LogP contribution is -2.37.